The van der Waals surface area contributed by atoms with E-state index >= 15 is 0 Å². The Kier molecular flexibility index (Phi) is 5.02. The van der Waals surface area contributed by atoms with Crippen molar-refractivity contribution < 1.29 is 4.79 Å². The molecule has 2 rings (SSSR count). The second kappa shape index (κ2) is 6.76. The Hall–Kier alpha value is -1.81. The van der Waals surface area contributed by atoms with Gasteiger partial charge in [0.15, 0.2) is 0 Å². The molecule has 0 fully saturated rings. The second-order valence-corrected chi connectivity index (χ2v) is 5.81. The Morgan fingerprint density at radius 2 is 2.10 bits per heavy atom. The highest BCUT2D eigenvalue weighted by Crippen LogP contribution is 2.14. The van der Waals surface area contributed by atoms with Crippen molar-refractivity contribution in [3.05, 3.63) is 52.3 Å². The van der Waals surface area contributed by atoms with Gasteiger partial charge in [-0.3, -0.25) is 9.48 Å². The molecule has 0 spiro atoms. The van der Waals surface area contributed by atoms with E-state index < -0.39 is 0 Å². The Morgan fingerprint density at radius 1 is 1.38 bits per heavy atom. The predicted octanol–water partition coefficient (Wildman–Crippen LogP) is 3.22. The van der Waals surface area contributed by atoms with E-state index in [4.69, 9.17) is 11.6 Å². The predicted molar refractivity (Wildman–Crippen MR) is 84.7 cm³/mol. The van der Waals surface area contributed by atoms with E-state index in [2.05, 4.69) is 23.4 Å². The largest absolute Gasteiger partial charge is 0.352 e. The molecule has 0 aliphatic heterocycles. The molecule has 1 atom stereocenters. The Morgan fingerprint density at radius 3 is 2.71 bits per heavy atom. The number of halogens is 1. The van der Waals surface area contributed by atoms with Crippen LogP contribution in [-0.2, 0) is 6.54 Å². The van der Waals surface area contributed by atoms with Gasteiger partial charge in [-0.25, -0.2) is 0 Å². The average Bonchev–Trinajstić information content (AvgIpc) is 2.74. The van der Waals surface area contributed by atoms with Gasteiger partial charge in [0.25, 0.3) is 5.91 Å². The zero-order valence-corrected chi connectivity index (χ0v) is 13.3. The molecule has 112 valence electrons. The summed E-state index contributed by atoms with van der Waals surface area (Å²) in [6.07, 6.45) is 0. The number of carbonyl (C=O) groups excluding carboxylic acids is 1. The molecular weight excluding hydrogens is 286 g/mol. The monoisotopic (exact) mass is 305 g/mol. The molecular formula is C16H20ClN3O. The highest BCUT2D eigenvalue weighted by molar-refractivity contribution is 6.33. The Labute approximate surface area is 130 Å². The molecule has 0 radical (unpaired) electrons. The van der Waals surface area contributed by atoms with Crippen LogP contribution in [0.25, 0.3) is 0 Å². The van der Waals surface area contributed by atoms with Crippen molar-refractivity contribution in [3.8, 4) is 0 Å². The van der Waals surface area contributed by atoms with Crippen molar-refractivity contribution in [1.82, 2.24) is 15.1 Å². The highest BCUT2D eigenvalue weighted by Gasteiger charge is 2.12. The molecule has 0 bridgehead atoms. The lowest BCUT2D eigenvalue weighted by molar-refractivity contribution is 0.0946. The van der Waals surface area contributed by atoms with E-state index in [9.17, 15) is 4.79 Å². The smallest absolute Gasteiger partial charge is 0.252 e. The number of hydrogen-bond donors (Lipinski definition) is 1. The average molecular weight is 306 g/mol. The summed E-state index contributed by atoms with van der Waals surface area (Å²) in [5.74, 6) is 0.148. The third-order valence-corrected chi connectivity index (χ3v) is 3.65. The number of benzene rings is 1. The van der Waals surface area contributed by atoms with Crippen molar-refractivity contribution in [2.45, 2.75) is 27.3 Å². The van der Waals surface area contributed by atoms with Gasteiger partial charge < -0.3 is 5.32 Å². The Bertz CT molecular complexity index is 636. The van der Waals surface area contributed by atoms with Gasteiger partial charge in [-0.05, 0) is 38.0 Å². The molecule has 1 N–H and O–H groups in total. The molecule has 1 aromatic carbocycles. The first kappa shape index (κ1) is 15.6. The summed E-state index contributed by atoms with van der Waals surface area (Å²) >= 11 is 6.01. The summed E-state index contributed by atoms with van der Waals surface area (Å²) in [6, 6.07) is 9.11. The highest BCUT2D eigenvalue weighted by atomic mass is 35.5. The molecule has 1 amide bonds. The fourth-order valence-corrected chi connectivity index (χ4v) is 2.45. The van der Waals surface area contributed by atoms with Crippen LogP contribution in [0.5, 0.6) is 0 Å². The van der Waals surface area contributed by atoms with Crippen LogP contribution in [0.3, 0.4) is 0 Å². The van der Waals surface area contributed by atoms with Crippen molar-refractivity contribution in [3.63, 3.8) is 0 Å². The SMILES string of the molecule is Cc1cc(C)n(CC(C)CNC(=O)c2ccccc2Cl)n1. The molecule has 0 saturated carbocycles. The normalized spacial score (nSPS) is 12.2. The lowest BCUT2D eigenvalue weighted by atomic mass is 10.1. The quantitative estimate of drug-likeness (QED) is 0.922. The van der Waals surface area contributed by atoms with E-state index in [1.807, 2.05) is 24.6 Å². The maximum Gasteiger partial charge on any atom is 0.252 e. The summed E-state index contributed by atoms with van der Waals surface area (Å²) in [7, 11) is 0. The fourth-order valence-electron chi connectivity index (χ4n) is 2.23. The first-order valence-electron chi connectivity index (χ1n) is 7.01. The number of carbonyl (C=O) groups is 1. The topological polar surface area (TPSA) is 46.9 Å². The van der Waals surface area contributed by atoms with Crippen molar-refractivity contribution in [2.75, 3.05) is 6.54 Å². The molecule has 2 aromatic rings. The van der Waals surface area contributed by atoms with Crippen molar-refractivity contribution in [1.29, 1.82) is 0 Å². The third-order valence-electron chi connectivity index (χ3n) is 3.32. The van der Waals surface area contributed by atoms with Crippen LogP contribution in [0.2, 0.25) is 5.02 Å². The summed E-state index contributed by atoms with van der Waals surface area (Å²) in [4.78, 5) is 12.1. The summed E-state index contributed by atoms with van der Waals surface area (Å²) in [6.45, 7) is 7.47. The van der Waals surface area contributed by atoms with E-state index in [0.717, 1.165) is 17.9 Å². The lowest BCUT2D eigenvalue weighted by Gasteiger charge is -2.14. The standard InChI is InChI=1S/C16H20ClN3O/c1-11(10-20-13(3)8-12(2)19-20)9-18-16(21)14-6-4-5-7-15(14)17/h4-8,11H,9-10H2,1-3H3,(H,18,21). The maximum absolute atomic E-state index is 12.1. The van der Waals surface area contributed by atoms with Crippen LogP contribution < -0.4 is 5.32 Å². The molecule has 1 aromatic heterocycles. The van der Waals surface area contributed by atoms with Crippen LogP contribution in [0.4, 0.5) is 0 Å². The molecule has 5 heteroatoms. The van der Waals surface area contributed by atoms with Crippen LogP contribution in [-0.4, -0.2) is 22.2 Å². The zero-order chi connectivity index (χ0) is 15.4. The van der Waals surface area contributed by atoms with Gasteiger partial charge in [0, 0.05) is 18.8 Å². The van der Waals surface area contributed by atoms with E-state index in [1.54, 1.807) is 18.2 Å². The fraction of sp³-hybridized carbons (Fsp3) is 0.375. The summed E-state index contributed by atoms with van der Waals surface area (Å²) < 4.78 is 1.97. The number of amides is 1. The number of nitrogens with zero attached hydrogens (tertiary/aromatic N) is 2. The van der Waals surface area contributed by atoms with Gasteiger partial charge in [-0.1, -0.05) is 30.7 Å². The number of hydrogen-bond acceptors (Lipinski definition) is 2. The first-order chi connectivity index (χ1) is 9.97. The molecule has 4 nitrogen and oxygen atoms in total. The van der Waals surface area contributed by atoms with E-state index in [0.29, 0.717) is 17.1 Å². The minimum Gasteiger partial charge on any atom is -0.352 e. The molecule has 21 heavy (non-hydrogen) atoms. The van der Waals surface area contributed by atoms with Gasteiger partial charge in [0.2, 0.25) is 0 Å². The minimum absolute atomic E-state index is 0.138. The molecule has 0 saturated heterocycles. The van der Waals surface area contributed by atoms with Crippen molar-refractivity contribution >= 4 is 17.5 Å². The number of nitrogens with one attached hydrogen (secondary N) is 1. The van der Waals surface area contributed by atoms with Gasteiger partial charge in [0.1, 0.15) is 0 Å². The minimum atomic E-state index is -0.138. The first-order valence-corrected chi connectivity index (χ1v) is 7.39. The Balaban J connectivity index is 1.89. The van der Waals surface area contributed by atoms with Crippen LogP contribution in [0, 0.1) is 19.8 Å². The number of rotatable bonds is 5. The molecule has 0 aliphatic carbocycles. The second-order valence-electron chi connectivity index (χ2n) is 5.40. The lowest BCUT2D eigenvalue weighted by Crippen LogP contribution is -2.30. The van der Waals surface area contributed by atoms with Crippen LogP contribution >= 0.6 is 11.6 Å². The molecule has 1 heterocycles. The summed E-state index contributed by atoms with van der Waals surface area (Å²) in [5, 5.41) is 7.83. The van der Waals surface area contributed by atoms with E-state index in [1.165, 1.54) is 0 Å². The van der Waals surface area contributed by atoms with Gasteiger partial charge in [0.05, 0.1) is 16.3 Å². The number of aryl methyl sites for hydroxylation is 2. The van der Waals surface area contributed by atoms with E-state index in [-0.39, 0.29) is 11.8 Å². The van der Waals surface area contributed by atoms with Crippen LogP contribution in [0.1, 0.15) is 28.7 Å². The van der Waals surface area contributed by atoms with Crippen molar-refractivity contribution in [2.24, 2.45) is 5.92 Å². The molecule has 0 aliphatic rings. The molecule has 1 unspecified atom stereocenters. The van der Waals surface area contributed by atoms with Gasteiger partial charge >= 0.3 is 0 Å². The maximum atomic E-state index is 12.1. The zero-order valence-electron chi connectivity index (χ0n) is 12.6. The number of aromatic nitrogens is 2. The third kappa shape index (κ3) is 4.08. The summed E-state index contributed by atoms with van der Waals surface area (Å²) in [5.41, 5.74) is 2.66. The van der Waals surface area contributed by atoms with Crippen LogP contribution in [0.15, 0.2) is 30.3 Å². The van der Waals surface area contributed by atoms with Gasteiger partial charge in [-0.2, -0.15) is 5.10 Å². The van der Waals surface area contributed by atoms with Gasteiger partial charge in [-0.15, -0.1) is 0 Å².